The number of halogens is 1. The van der Waals surface area contributed by atoms with Gasteiger partial charge in [0.15, 0.2) is 0 Å². The van der Waals surface area contributed by atoms with Gasteiger partial charge in [0.05, 0.1) is 4.34 Å². The van der Waals surface area contributed by atoms with Crippen LogP contribution in [0.3, 0.4) is 0 Å². The Kier molecular flexibility index (Phi) is 6.15. The summed E-state index contributed by atoms with van der Waals surface area (Å²) in [6, 6.07) is 4.07. The van der Waals surface area contributed by atoms with Crippen LogP contribution in [0.15, 0.2) is 12.1 Å². The molecule has 2 heterocycles. The van der Waals surface area contributed by atoms with Crippen LogP contribution in [0.1, 0.15) is 11.3 Å². The van der Waals surface area contributed by atoms with E-state index in [1.165, 1.54) is 42.4 Å². The van der Waals surface area contributed by atoms with Crippen molar-refractivity contribution in [1.29, 1.82) is 0 Å². The van der Waals surface area contributed by atoms with Gasteiger partial charge >= 0.3 is 0 Å². The lowest BCUT2D eigenvalue weighted by Crippen LogP contribution is -2.33. The lowest BCUT2D eigenvalue weighted by molar-refractivity contribution is 0.294. The summed E-state index contributed by atoms with van der Waals surface area (Å²) < 4.78 is 0.881. The lowest BCUT2D eigenvalue weighted by Gasteiger charge is -2.19. The second-order valence-electron chi connectivity index (χ2n) is 4.19. The van der Waals surface area contributed by atoms with Gasteiger partial charge in [0.2, 0.25) is 0 Å². The Labute approximate surface area is 117 Å². The molecule has 17 heavy (non-hydrogen) atoms. The molecule has 0 spiro atoms. The molecule has 1 N–H and O–H groups in total. The summed E-state index contributed by atoms with van der Waals surface area (Å²) in [6.45, 7) is 5.69. The monoisotopic (exact) mass is 290 g/mol. The van der Waals surface area contributed by atoms with E-state index in [4.69, 9.17) is 11.6 Å². The molecule has 1 aromatic heterocycles. The average Bonchev–Trinajstić information content (AvgIpc) is 2.59. The van der Waals surface area contributed by atoms with E-state index in [9.17, 15) is 0 Å². The number of thiophene rings is 1. The summed E-state index contributed by atoms with van der Waals surface area (Å²) in [5, 5.41) is 3.49. The third-order valence-corrected chi connectivity index (χ3v) is 5.13. The van der Waals surface area contributed by atoms with Crippen LogP contribution in [0, 0.1) is 0 Å². The van der Waals surface area contributed by atoms with Crippen molar-refractivity contribution in [2.24, 2.45) is 0 Å². The quantitative estimate of drug-likeness (QED) is 0.840. The number of hydrogen-bond donors (Lipinski definition) is 1. The number of nitrogens with one attached hydrogen (secondary N) is 1. The van der Waals surface area contributed by atoms with E-state index in [0.29, 0.717) is 0 Å². The van der Waals surface area contributed by atoms with E-state index in [1.54, 1.807) is 11.3 Å². The van der Waals surface area contributed by atoms with Gasteiger partial charge in [-0.15, -0.1) is 11.3 Å². The van der Waals surface area contributed by atoms with E-state index in [0.717, 1.165) is 17.4 Å². The normalized spacial score (nSPS) is 18.2. The Hall–Kier alpha value is 0.260. The molecule has 0 saturated carbocycles. The minimum atomic E-state index is 0.881. The van der Waals surface area contributed by atoms with Crippen molar-refractivity contribution in [3.63, 3.8) is 0 Å². The Morgan fingerprint density at radius 2 is 2.24 bits per heavy atom. The number of hydrogen-bond acceptors (Lipinski definition) is 4. The van der Waals surface area contributed by atoms with E-state index >= 15 is 0 Å². The summed E-state index contributed by atoms with van der Waals surface area (Å²) in [6.07, 6.45) is 1.34. The molecule has 0 bridgehead atoms. The van der Waals surface area contributed by atoms with Crippen molar-refractivity contribution in [3.8, 4) is 0 Å². The second kappa shape index (κ2) is 7.64. The fourth-order valence-corrected chi connectivity index (χ4v) is 3.90. The molecule has 2 rings (SSSR count). The van der Waals surface area contributed by atoms with Crippen molar-refractivity contribution >= 4 is 34.7 Å². The Morgan fingerprint density at radius 3 is 3.06 bits per heavy atom. The maximum absolute atomic E-state index is 5.89. The highest BCUT2D eigenvalue weighted by atomic mass is 35.5. The fourth-order valence-electron chi connectivity index (χ4n) is 1.92. The van der Waals surface area contributed by atoms with Gasteiger partial charge in [-0.2, -0.15) is 11.8 Å². The molecule has 1 aliphatic rings. The van der Waals surface area contributed by atoms with Crippen molar-refractivity contribution < 1.29 is 0 Å². The molecule has 0 unspecified atom stereocenters. The molecule has 0 aromatic carbocycles. The first-order valence-electron chi connectivity index (χ1n) is 6.09. The van der Waals surface area contributed by atoms with Gasteiger partial charge < -0.3 is 10.2 Å². The Morgan fingerprint density at radius 1 is 1.29 bits per heavy atom. The van der Waals surface area contributed by atoms with E-state index in [1.807, 2.05) is 6.07 Å². The Balaban J connectivity index is 1.59. The molecule has 0 radical (unpaired) electrons. The van der Waals surface area contributed by atoms with E-state index < -0.39 is 0 Å². The van der Waals surface area contributed by atoms with Crippen molar-refractivity contribution in [1.82, 2.24) is 10.2 Å². The van der Waals surface area contributed by atoms with Crippen molar-refractivity contribution in [2.75, 3.05) is 37.7 Å². The number of nitrogens with zero attached hydrogens (tertiary/aromatic N) is 1. The standard InChI is InChI=1S/C12H19ClN2S2/c13-12-3-2-11(17-12)10-14-4-6-15-5-1-8-16-9-7-15/h2-3,14H,1,4-10H2. The molecule has 1 saturated heterocycles. The van der Waals surface area contributed by atoms with Gasteiger partial charge in [0, 0.05) is 36.8 Å². The van der Waals surface area contributed by atoms with Crippen LogP contribution in [0.25, 0.3) is 0 Å². The Bertz CT molecular complexity index is 322. The molecule has 0 atom stereocenters. The molecule has 1 fully saturated rings. The van der Waals surface area contributed by atoms with Crippen LogP contribution in [-0.2, 0) is 6.54 Å². The van der Waals surface area contributed by atoms with Crippen LogP contribution >= 0.6 is 34.7 Å². The minimum absolute atomic E-state index is 0.881. The van der Waals surface area contributed by atoms with Crippen molar-refractivity contribution in [2.45, 2.75) is 13.0 Å². The lowest BCUT2D eigenvalue weighted by atomic mass is 10.4. The van der Waals surface area contributed by atoms with Gasteiger partial charge in [-0.05, 0) is 30.9 Å². The first-order chi connectivity index (χ1) is 8.34. The largest absolute Gasteiger partial charge is 0.311 e. The third kappa shape index (κ3) is 5.18. The van der Waals surface area contributed by atoms with Crippen molar-refractivity contribution in [3.05, 3.63) is 21.3 Å². The number of rotatable bonds is 5. The second-order valence-corrected chi connectivity index (χ2v) is 7.21. The maximum Gasteiger partial charge on any atom is 0.0931 e. The molecule has 96 valence electrons. The number of thioether (sulfide) groups is 1. The molecule has 1 aliphatic heterocycles. The average molecular weight is 291 g/mol. The van der Waals surface area contributed by atoms with Crippen LogP contribution < -0.4 is 5.32 Å². The van der Waals surface area contributed by atoms with Crippen LogP contribution in [-0.4, -0.2) is 42.6 Å². The zero-order valence-electron chi connectivity index (χ0n) is 9.95. The predicted molar refractivity (Wildman–Crippen MR) is 79.4 cm³/mol. The van der Waals surface area contributed by atoms with Crippen LogP contribution in [0.5, 0.6) is 0 Å². The first-order valence-corrected chi connectivity index (χ1v) is 8.44. The highest BCUT2D eigenvalue weighted by molar-refractivity contribution is 7.99. The molecule has 0 aliphatic carbocycles. The molecular formula is C12H19ClN2S2. The molecule has 5 heteroatoms. The zero-order chi connectivity index (χ0) is 11.9. The van der Waals surface area contributed by atoms with Crippen LogP contribution in [0.2, 0.25) is 4.34 Å². The van der Waals surface area contributed by atoms with E-state index in [-0.39, 0.29) is 0 Å². The SMILES string of the molecule is Clc1ccc(CNCCN2CCCSCC2)s1. The maximum atomic E-state index is 5.89. The summed E-state index contributed by atoms with van der Waals surface area (Å²) in [5.74, 6) is 2.62. The van der Waals surface area contributed by atoms with E-state index in [2.05, 4.69) is 28.0 Å². The smallest absolute Gasteiger partial charge is 0.0931 e. The van der Waals surface area contributed by atoms with Gasteiger partial charge in [0.1, 0.15) is 0 Å². The zero-order valence-corrected chi connectivity index (χ0v) is 12.3. The molecule has 2 nitrogen and oxygen atoms in total. The summed E-state index contributed by atoms with van der Waals surface area (Å²) in [7, 11) is 0. The highest BCUT2D eigenvalue weighted by Crippen LogP contribution is 2.20. The fraction of sp³-hybridized carbons (Fsp3) is 0.667. The molecule has 1 aromatic rings. The molecule has 0 amide bonds. The summed E-state index contributed by atoms with van der Waals surface area (Å²) >= 11 is 9.64. The highest BCUT2D eigenvalue weighted by Gasteiger charge is 2.08. The summed E-state index contributed by atoms with van der Waals surface area (Å²) in [5.41, 5.74) is 0. The van der Waals surface area contributed by atoms with Gasteiger partial charge in [-0.3, -0.25) is 0 Å². The predicted octanol–water partition coefficient (Wildman–Crippen LogP) is 2.93. The van der Waals surface area contributed by atoms with Crippen LogP contribution in [0.4, 0.5) is 0 Å². The topological polar surface area (TPSA) is 15.3 Å². The molecular weight excluding hydrogens is 272 g/mol. The third-order valence-electron chi connectivity index (χ3n) is 2.85. The minimum Gasteiger partial charge on any atom is -0.311 e. The van der Waals surface area contributed by atoms with Gasteiger partial charge in [-0.25, -0.2) is 0 Å². The summed E-state index contributed by atoms with van der Waals surface area (Å²) in [4.78, 5) is 3.88. The van der Waals surface area contributed by atoms with Gasteiger partial charge in [-0.1, -0.05) is 11.6 Å². The first kappa shape index (κ1) is 13.7. The van der Waals surface area contributed by atoms with Gasteiger partial charge in [0.25, 0.3) is 0 Å².